The van der Waals surface area contributed by atoms with Crippen molar-refractivity contribution in [3.05, 3.63) is 0 Å². The largest absolute Gasteiger partial charge is 0.336 e. The highest BCUT2D eigenvalue weighted by Gasteiger charge is 2.43. The van der Waals surface area contributed by atoms with Gasteiger partial charge in [-0.1, -0.05) is 12.8 Å². The Kier molecular flexibility index (Phi) is 2.81. The molecule has 0 aromatic rings. The fourth-order valence-electron chi connectivity index (χ4n) is 3.17. The molecule has 5 nitrogen and oxygen atoms in total. The molecule has 0 unspecified atom stereocenters. The van der Waals surface area contributed by atoms with Gasteiger partial charge < -0.3 is 15.5 Å². The van der Waals surface area contributed by atoms with Crippen LogP contribution < -0.4 is 5.73 Å². The molecule has 2 N–H and O–H groups in total. The van der Waals surface area contributed by atoms with E-state index in [1.165, 1.54) is 0 Å². The third-order valence-electron chi connectivity index (χ3n) is 4.45. The van der Waals surface area contributed by atoms with Crippen LogP contribution in [0.2, 0.25) is 0 Å². The normalized spacial score (nSPS) is 27.7. The maximum Gasteiger partial charge on any atom is 0.243 e. The lowest BCUT2D eigenvalue weighted by Gasteiger charge is -2.38. The zero-order valence-corrected chi connectivity index (χ0v) is 10.7. The van der Waals surface area contributed by atoms with Crippen LogP contribution in [0.1, 0.15) is 38.5 Å². The van der Waals surface area contributed by atoms with E-state index in [4.69, 9.17) is 5.73 Å². The van der Waals surface area contributed by atoms with Crippen molar-refractivity contribution in [1.82, 2.24) is 9.80 Å². The molecular weight excluding hydrogens is 230 g/mol. The number of rotatable bonds is 2. The Hall–Kier alpha value is -1.10. The molecule has 0 atom stereocenters. The lowest BCUT2D eigenvalue weighted by molar-refractivity contribution is -0.148. The molecule has 0 spiro atoms. The Morgan fingerprint density at radius 2 is 1.89 bits per heavy atom. The Bertz CT molecular complexity index is 372. The third-order valence-corrected chi connectivity index (χ3v) is 4.45. The molecule has 1 heterocycles. The van der Waals surface area contributed by atoms with Crippen LogP contribution >= 0.6 is 0 Å². The number of nitrogens with zero attached hydrogens (tertiary/aromatic N) is 2. The molecule has 0 radical (unpaired) electrons. The molecule has 5 heteroatoms. The van der Waals surface area contributed by atoms with Crippen molar-refractivity contribution in [2.45, 2.75) is 50.1 Å². The number of hydrogen-bond acceptors (Lipinski definition) is 3. The van der Waals surface area contributed by atoms with Gasteiger partial charge in [-0.3, -0.25) is 9.59 Å². The molecule has 0 bridgehead atoms. The Morgan fingerprint density at radius 3 is 2.44 bits per heavy atom. The molecule has 2 saturated carbocycles. The quantitative estimate of drug-likeness (QED) is 0.756. The van der Waals surface area contributed by atoms with Gasteiger partial charge in [-0.2, -0.15) is 0 Å². The summed E-state index contributed by atoms with van der Waals surface area (Å²) in [4.78, 5) is 28.0. The Balaban J connectivity index is 1.64. The fourth-order valence-corrected chi connectivity index (χ4v) is 3.17. The van der Waals surface area contributed by atoms with Crippen LogP contribution in [0.5, 0.6) is 0 Å². The van der Waals surface area contributed by atoms with E-state index in [1.54, 1.807) is 4.90 Å². The second kappa shape index (κ2) is 4.23. The summed E-state index contributed by atoms with van der Waals surface area (Å²) in [6.07, 6.45) is 5.84. The molecular formula is C13H21N3O2. The van der Waals surface area contributed by atoms with Gasteiger partial charge in [-0.15, -0.1) is 0 Å². The average Bonchev–Trinajstić information content (AvgIpc) is 3.10. The van der Waals surface area contributed by atoms with Gasteiger partial charge in [0.2, 0.25) is 11.8 Å². The first-order chi connectivity index (χ1) is 8.60. The van der Waals surface area contributed by atoms with Gasteiger partial charge in [0.25, 0.3) is 0 Å². The zero-order valence-electron chi connectivity index (χ0n) is 10.7. The van der Waals surface area contributed by atoms with Crippen LogP contribution in [0.4, 0.5) is 0 Å². The number of carbonyl (C=O) groups is 2. The molecule has 1 aliphatic heterocycles. The minimum atomic E-state index is -0.692. The molecule has 2 amide bonds. The summed E-state index contributed by atoms with van der Waals surface area (Å²) in [7, 11) is 0. The van der Waals surface area contributed by atoms with Crippen molar-refractivity contribution in [1.29, 1.82) is 0 Å². The van der Waals surface area contributed by atoms with Gasteiger partial charge in [-0.05, 0) is 25.7 Å². The first-order valence-corrected chi connectivity index (χ1v) is 6.98. The molecule has 3 aliphatic rings. The number of piperazine rings is 1. The highest BCUT2D eigenvalue weighted by molar-refractivity contribution is 5.91. The van der Waals surface area contributed by atoms with Gasteiger partial charge in [-0.25, -0.2) is 0 Å². The Labute approximate surface area is 107 Å². The first kappa shape index (κ1) is 12.0. The summed E-state index contributed by atoms with van der Waals surface area (Å²) >= 11 is 0. The lowest BCUT2D eigenvalue weighted by atomic mass is 9.97. The minimum Gasteiger partial charge on any atom is -0.336 e. The van der Waals surface area contributed by atoms with Crippen molar-refractivity contribution in [3.63, 3.8) is 0 Å². The third kappa shape index (κ3) is 2.00. The van der Waals surface area contributed by atoms with Crippen molar-refractivity contribution >= 4 is 11.8 Å². The summed E-state index contributed by atoms with van der Waals surface area (Å²) in [5, 5.41) is 0. The number of amides is 2. The van der Waals surface area contributed by atoms with Crippen molar-refractivity contribution < 1.29 is 9.59 Å². The van der Waals surface area contributed by atoms with Gasteiger partial charge in [0.1, 0.15) is 0 Å². The number of nitrogens with two attached hydrogens (primary N) is 1. The van der Waals surface area contributed by atoms with Crippen molar-refractivity contribution in [2.24, 2.45) is 5.73 Å². The molecule has 3 rings (SSSR count). The van der Waals surface area contributed by atoms with E-state index in [0.29, 0.717) is 19.1 Å². The zero-order chi connectivity index (χ0) is 12.8. The van der Waals surface area contributed by atoms with Crippen LogP contribution in [0.25, 0.3) is 0 Å². The van der Waals surface area contributed by atoms with E-state index >= 15 is 0 Å². The predicted octanol–water partition coefficient (Wildman–Crippen LogP) is 0.0911. The van der Waals surface area contributed by atoms with Gasteiger partial charge >= 0.3 is 0 Å². The van der Waals surface area contributed by atoms with Gasteiger partial charge in [0, 0.05) is 19.1 Å². The van der Waals surface area contributed by atoms with E-state index in [9.17, 15) is 9.59 Å². The van der Waals surface area contributed by atoms with E-state index in [1.807, 2.05) is 4.90 Å². The van der Waals surface area contributed by atoms with E-state index in [2.05, 4.69) is 0 Å². The monoisotopic (exact) mass is 251 g/mol. The molecule has 0 aromatic heterocycles. The lowest BCUT2D eigenvalue weighted by Crippen LogP contribution is -2.60. The van der Waals surface area contributed by atoms with E-state index in [0.717, 1.165) is 38.5 Å². The van der Waals surface area contributed by atoms with Crippen LogP contribution in [-0.2, 0) is 9.59 Å². The fraction of sp³-hybridized carbons (Fsp3) is 0.846. The van der Waals surface area contributed by atoms with Crippen LogP contribution in [0.15, 0.2) is 0 Å². The summed E-state index contributed by atoms with van der Waals surface area (Å²) in [5.74, 6) is 0.0856. The summed E-state index contributed by atoms with van der Waals surface area (Å²) in [5.41, 5.74) is 5.48. The van der Waals surface area contributed by atoms with Gasteiger partial charge in [0.15, 0.2) is 0 Å². The highest BCUT2D eigenvalue weighted by atomic mass is 16.2. The first-order valence-electron chi connectivity index (χ1n) is 6.98. The van der Waals surface area contributed by atoms with Crippen molar-refractivity contribution in [2.75, 3.05) is 19.6 Å². The Morgan fingerprint density at radius 1 is 1.22 bits per heavy atom. The topological polar surface area (TPSA) is 66.6 Å². The molecule has 18 heavy (non-hydrogen) atoms. The minimum absolute atomic E-state index is 0.0104. The molecule has 3 fully saturated rings. The summed E-state index contributed by atoms with van der Waals surface area (Å²) in [6, 6.07) is 0.452. The number of carbonyl (C=O) groups excluding carboxylic acids is 2. The maximum absolute atomic E-state index is 12.4. The van der Waals surface area contributed by atoms with E-state index < -0.39 is 5.54 Å². The van der Waals surface area contributed by atoms with Crippen molar-refractivity contribution in [3.8, 4) is 0 Å². The highest BCUT2D eigenvalue weighted by Crippen LogP contribution is 2.31. The number of hydrogen-bond donors (Lipinski definition) is 1. The van der Waals surface area contributed by atoms with E-state index in [-0.39, 0.29) is 18.4 Å². The molecule has 2 aliphatic carbocycles. The average molecular weight is 251 g/mol. The van der Waals surface area contributed by atoms with Crippen LogP contribution in [-0.4, -0.2) is 52.8 Å². The maximum atomic E-state index is 12.4. The second-order valence-corrected chi connectivity index (χ2v) is 5.91. The summed E-state index contributed by atoms with van der Waals surface area (Å²) < 4.78 is 0. The van der Waals surface area contributed by atoms with Crippen LogP contribution in [0, 0.1) is 0 Å². The van der Waals surface area contributed by atoms with Gasteiger partial charge in [0.05, 0.1) is 12.1 Å². The second-order valence-electron chi connectivity index (χ2n) is 5.91. The SMILES string of the molecule is NC1(C(=O)N2CCN(C3CC3)C(=O)C2)CCCC1. The smallest absolute Gasteiger partial charge is 0.243 e. The standard InChI is InChI=1S/C13H21N3O2/c14-13(5-1-2-6-13)12(18)15-7-8-16(10-3-4-10)11(17)9-15/h10H,1-9,14H2. The predicted molar refractivity (Wildman–Crippen MR) is 66.7 cm³/mol. The molecule has 100 valence electrons. The summed E-state index contributed by atoms with van der Waals surface area (Å²) in [6.45, 7) is 1.57. The van der Waals surface area contributed by atoms with Crippen LogP contribution in [0.3, 0.4) is 0 Å². The molecule has 0 aromatic carbocycles. The molecule has 1 saturated heterocycles.